The SMILES string of the molecule is CC(C)(C)OC(=O)CNC(=O)C1CCC(C2CNC(NC3CCC(OCCN4CCC[C@H]4CO)CC3)NC2)CC1. The fourth-order valence-electron chi connectivity index (χ4n) is 7.03. The number of ether oxygens (including phenoxy) is 2. The van der Waals surface area contributed by atoms with Crippen LogP contribution in [0.15, 0.2) is 0 Å². The van der Waals surface area contributed by atoms with Gasteiger partial charge in [0, 0.05) is 37.6 Å². The Morgan fingerprint density at radius 3 is 2.30 bits per heavy atom. The number of hydrogen-bond donors (Lipinski definition) is 5. The maximum atomic E-state index is 12.6. The van der Waals surface area contributed by atoms with E-state index in [0.717, 1.165) is 90.6 Å². The van der Waals surface area contributed by atoms with E-state index in [9.17, 15) is 14.7 Å². The summed E-state index contributed by atoms with van der Waals surface area (Å²) in [6, 6.07) is 0.839. The summed E-state index contributed by atoms with van der Waals surface area (Å²) in [5.41, 5.74) is -0.537. The van der Waals surface area contributed by atoms with Crippen molar-refractivity contribution in [3.8, 4) is 0 Å². The van der Waals surface area contributed by atoms with Gasteiger partial charge in [0.2, 0.25) is 5.91 Å². The van der Waals surface area contributed by atoms with Gasteiger partial charge in [-0.15, -0.1) is 0 Å². The molecule has 230 valence electrons. The number of rotatable bonds is 11. The second kappa shape index (κ2) is 15.3. The smallest absolute Gasteiger partial charge is 0.325 e. The van der Waals surface area contributed by atoms with Gasteiger partial charge in [-0.05, 0) is 103 Å². The van der Waals surface area contributed by atoms with Crippen molar-refractivity contribution in [3.05, 3.63) is 0 Å². The third kappa shape index (κ3) is 9.91. The molecule has 0 unspecified atom stereocenters. The average Bonchev–Trinajstić information content (AvgIpc) is 3.40. The lowest BCUT2D eigenvalue weighted by Gasteiger charge is -2.40. The van der Waals surface area contributed by atoms with Crippen LogP contribution in [0.4, 0.5) is 0 Å². The Kier molecular flexibility index (Phi) is 12.1. The molecule has 2 heterocycles. The van der Waals surface area contributed by atoms with Crippen LogP contribution in [0.3, 0.4) is 0 Å². The number of carbonyl (C=O) groups is 2. The van der Waals surface area contributed by atoms with Crippen LogP contribution >= 0.6 is 0 Å². The van der Waals surface area contributed by atoms with Gasteiger partial charge in [-0.2, -0.15) is 0 Å². The second-order valence-electron chi connectivity index (χ2n) is 13.5. The largest absolute Gasteiger partial charge is 0.459 e. The van der Waals surface area contributed by atoms with Crippen LogP contribution in [0.25, 0.3) is 0 Å². The molecular weight excluding hydrogens is 510 g/mol. The summed E-state index contributed by atoms with van der Waals surface area (Å²) in [6.07, 6.45) is 11.2. The van der Waals surface area contributed by atoms with Gasteiger partial charge in [-0.1, -0.05) is 0 Å². The molecular formula is C30H55N5O5. The molecule has 4 aliphatic rings. The minimum atomic E-state index is -0.537. The zero-order valence-electron chi connectivity index (χ0n) is 25.1. The Balaban J connectivity index is 1.05. The molecule has 2 saturated heterocycles. The Hall–Kier alpha value is -1.30. The summed E-state index contributed by atoms with van der Waals surface area (Å²) in [6.45, 7) is 10.5. The fourth-order valence-corrected chi connectivity index (χ4v) is 7.03. The van der Waals surface area contributed by atoms with E-state index < -0.39 is 5.60 Å². The summed E-state index contributed by atoms with van der Waals surface area (Å²) in [5.74, 6) is 0.791. The zero-order chi connectivity index (χ0) is 28.5. The van der Waals surface area contributed by atoms with E-state index in [-0.39, 0.29) is 37.2 Å². The van der Waals surface area contributed by atoms with Gasteiger partial charge in [0.05, 0.1) is 19.3 Å². The third-order valence-corrected chi connectivity index (χ3v) is 9.32. The molecule has 2 saturated carbocycles. The topological polar surface area (TPSA) is 124 Å². The van der Waals surface area contributed by atoms with Gasteiger partial charge in [-0.25, -0.2) is 0 Å². The number of aliphatic hydroxyl groups excluding tert-OH is 1. The predicted molar refractivity (Wildman–Crippen MR) is 154 cm³/mol. The van der Waals surface area contributed by atoms with Crippen molar-refractivity contribution >= 4 is 11.9 Å². The number of likely N-dealkylation sites (tertiary alicyclic amines) is 1. The molecule has 1 atom stereocenters. The molecule has 0 radical (unpaired) electrons. The van der Waals surface area contributed by atoms with Crippen molar-refractivity contribution in [1.29, 1.82) is 0 Å². The number of nitrogens with one attached hydrogen (secondary N) is 4. The Morgan fingerprint density at radius 1 is 0.950 bits per heavy atom. The van der Waals surface area contributed by atoms with Crippen LogP contribution in [-0.2, 0) is 19.1 Å². The monoisotopic (exact) mass is 565 g/mol. The van der Waals surface area contributed by atoms with Crippen molar-refractivity contribution in [3.63, 3.8) is 0 Å². The highest BCUT2D eigenvalue weighted by molar-refractivity contribution is 5.83. The molecule has 1 amide bonds. The zero-order valence-corrected chi connectivity index (χ0v) is 25.1. The summed E-state index contributed by atoms with van der Waals surface area (Å²) in [4.78, 5) is 26.8. The first kappa shape index (κ1) is 31.6. The van der Waals surface area contributed by atoms with Crippen LogP contribution in [0.2, 0.25) is 0 Å². The molecule has 40 heavy (non-hydrogen) atoms. The quantitative estimate of drug-likeness (QED) is 0.238. The lowest BCUT2D eigenvalue weighted by molar-refractivity contribution is -0.154. The van der Waals surface area contributed by atoms with Crippen LogP contribution in [0.1, 0.15) is 85.0 Å². The molecule has 10 nitrogen and oxygen atoms in total. The minimum Gasteiger partial charge on any atom is -0.459 e. The average molecular weight is 566 g/mol. The van der Waals surface area contributed by atoms with Crippen molar-refractivity contribution < 1.29 is 24.2 Å². The fraction of sp³-hybridized carbons (Fsp3) is 0.933. The number of nitrogens with zero attached hydrogens (tertiary/aromatic N) is 1. The summed E-state index contributed by atoms with van der Waals surface area (Å²) >= 11 is 0. The number of amides is 1. The van der Waals surface area contributed by atoms with Crippen LogP contribution in [0.5, 0.6) is 0 Å². The van der Waals surface area contributed by atoms with Crippen molar-refractivity contribution in [2.45, 2.75) is 115 Å². The van der Waals surface area contributed by atoms with E-state index in [1.54, 1.807) is 0 Å². The number of esters is 1. The molecule has 0 bridgehead atoms. The first-order valence-corrected chi connectivity index (χ1v) is 15.9. The van der Waals surface area contributed by atoms with Gasteiger partial charge in [0.25, 0.3) is 0 Å². The predicted octanol–water partition coefficient (Wildman–Crippen LogP) is 1.72. The molecule has 10 heteroatoms. The van der Waals surface area contributed by atoms with E-state index in [0.29, 0.717) is 30.0 Å². The highest BCUT2D eigenvalue weighted by Gasteiger charge is 2.34. The van der Waals surface area contributed by atoms with Gasteiger partial charge < -0.3 is 19.9 Å². The van der Waals surface area contributed by atoms with Gasteiger partial charge in [0.15, 0.2) is 0 Å². The van der Waals surface area contributed by atoms with Crippen molar-refractivity contribution in [2.75, 3.05) is 45.9 Å². The van der Waals surface area contributed by atoms with Crippen molar-refractivity contribution in [1.82, 2.24) is 26.2 Å². The van der Waals surface area contributed by atoms with Gasteiger partial charge in [0.1, 0.15) is 18.4 Å². The molecule has 5 N–H and O–H groups in total. The maximum absolute atomic E-state index is 12.6. The highest BCUT2D eigenvalue weighted by atomic mass is 16.6. The lowest BCUT2D eigenvalue weighted by atomic mass is 9.75. The summed E-state index contributed by atoms with van der Waals surface area (Å²) in [7, 11) is 0. The van der Waals surface area contributed by atoms with E-state index in [1.807, 2.05) is 20.8 Å². The molecule has 0 aromatic carbocycles. The molecule has 0 spiro atoms. The first-order chi connectivity index (χ1) is 19.2. The third-order valence-electron chi connectivity index (χ3n) is 9.32. The van der Waals surface area contributed by atoms with Crippen molar-refractivity contribution in [2.24, 2.45) is 17.8 Å². The molecule has 4 rings (SSSR count). The van der Waals surface area contributed by atoms with E-state index in [2.05, 4.69) is 26.2 Å². The number of hydrogen-bond acceptors (Lipinski definition) is 9. The summed E-state index contributed by atoms with van der Waals surface area (Å²) < 4.78 is 11.5. The highest BCUT2D eigenvalue weighted by Crippen LogP contribution is 2.34. The normalized spacial score (nSPS) is 34.0. The number of aliphatic hydroxyl groups is 1. The van der Waals surface area contributed by atoms with Crippen LogP contribution in [-0.4, -0.2) is 97.9 Å². The Morgan fingerprint density at radius 2 is 1.65 bits per heavy atom. The maximum Gasteiger partial charge on any atom is 0.325 e. The van der Waals surface area contributed by atoms with Gasteiger partial charge in [-0.3, -0.25) is 30.4 Å². The van der Waals surface area contributed by atoms with Crippen LogP contribution in [0, 0.1) is 17.8 Å². The van der Waals surface area contributed by atoms with E-state index in [4.69, 9.17) is 9.47 Å². The molecule has 2 aliphatic carbocycles. The van der Waals surface area contributed by atoms with E-state index in [1.165, 1.54) is 6.42 Å². The molecule has 4 fully saturated rings. The first-order valence-electron chi connectivity index (χ1n) is 15.9. The second-order valence-corrected chi connectivity index (χ2v) is 13.5. The van der Waals surface area contributed by atoms with E-state index >= 15 is 0 Å². The number of carbonyl (C=O) groups excluding carboxylic acids is 2. The summed E-state index contributed by atoms with van der Waals surface area (Å²) in [5, 5.41) is 23.4. The lowest BCUT2D eigenvalue weighted by Crippen LogP contribution is -2.63. The Labute approximate surface area is 241 Å². The molecule has 0 aromatic heterocycles. The standard InChI is InChI=1S/C30H55N5O5/c1-30(2,3)40-27(37)19-31-28(38)22-8-6-21(7-9-22)23-17-32-29(33-18-23)34-24-10-12-26(13-11-24)39-16-15-35-14-4-5-25(35)20-36/h21-26,29,32-34,36H,4-20H2,1-3H3,(H,31,38)/t21?,22?,23?,24?,25-,26?,29?/m0/s1. The van der Waals surface area contributed by atoms with Gasteiger partial charge >= 0.3 is 5.97 Å². The molecule has 0 aromatic rings. The minimum absolute atomic E-state index is 0.00519. The Bertz CT molecular complexity index is 784. The molecule has 2 aliphatic heterocycles. The van der Waals surface area contributed by atoms with Crippen LogP contribution < -0.4 is 21.3 Å².